The Labute approximate surface area is 120 Å². The molecule has 2 aromatic rings. The van der Waals surface area contributed by atoms with Crippen molar-refractivity contribution in [2.24, 2.45) is 5.92 Å². The summed E-state index contributed by atoms with van der Waals surface area (Å²) in [5, 5.41) is 8.86. The fourth-order valence-corrected chi connectivity index (χ4v) is 1.95. The molecule has 1 unspecified atom stereocenters. The van der Waals surface area contributed by atoms with Crippen LogP contribution < -0.4 is 5.56 Å². The maximum absolute atomic E-state index is 12.3. The molecule has 1 amide bonds. The molecule has 0 radical (unpaired) electrons. The third-order valence-corrected chi connectivity index (χ3v) is 3.16. The summed E-state index contributed by atoms with van der Waals surface area (Å²) in [5.74, 6) is -2.25. The highest BCUT2D eigenvalue weighted by Crippen LogP contribution is 2.04. The summed E-state index contributed by atoms with van der Waals surface area (Å²) in [6.07, 6.45) is 2.75. The van der Waals surface area contributed by atoms with Gasteiger partial charge in [0.1, 0.15) is 11.2 Å². The Balaban J connectivity index is 2.33. The molecule has 2 heterocycles. The maximum atomic E-state index is 12.3. The number of pyridine rings is 1. The zero-order valence-corrected chi connectivity index (χ0v) is 11.7. The Morgan fingerprint density at radius 1 is 1.43 bits per heavy atom. The van der Waals surface area contributed by atoms with Crippen molar-refractivity contribution in [3.05, 3.63) is 46.5 Å². The number of carboxylic acid groups (broad SMARTS) is 1. The second kappa shape index (κ2) is 5.74. The molecular weight excluding hydrogens is 274 g/mol. The molecule has 7 nitrogen and oxygen atoms in total. The highest BCUT2D eigenvalue weighted by Gasteiger charge is 2.21. The minimum Gasteiger partial charge on any atom is -0.481 e. The van der Waals surface area contributed by atoms with Crippen molar-refractivity contribution < 1.29 is 14.7 Å². The van der Waals surface area contributed by atoms with E-state index in [1.165, 1.54) is 35.7 Å². The fraction of sp³-hybridized carbons (Fsp3) is 0.286. The van der Waals surface area contributed by atoms with Crippen LogP contribution in [0.3, 0.4) is 0 Å². The van der Waals surface area contributed by atoms with E-state index in [0.29, 0.717) is 5.65 Å². The number of aliphatic carboxylic acids is 1. The molecule has 1 N–H and O–H groups in total. The minimum absolute atomic E-state index is 0.0189. The average molecular weight is 289 g/mol. The Bertz CT molecular complexity index is 753. The predicted octanol–water partition coefficient (Wildman–Crippen LogP) is 0.487. The molecule has 0 fully saturated rings. The number of hydrogen-bond acceptors (Lipinski definition) is 4. The van der Waals surface area contributed by atoms with Gasteiger partial charge in [0.2, 0.25) is 0 Å². The number of rotatable bonds is 4. The Morgan fingerprint density at radius 2 is 2.14 bits per heavy atom. The second-order valence-corrected chi connectivity index (χ2v) is 4.83. The van der Waals surface area contributed by atoms with Gasteiger partial charge in [-0.2, -0.15) is 0 Å². The van der Waals surface area contributed by atoms with Gasteiger partial charge in [-0.15, -0.1) is 0 Å². The van der Waals surface area contributed by atoms with E-state index in [4.69, 9.17) is 5.11 Å². The van der Waals surface area contributed by atoms with Crippen LogP contribution in [-0.2, 0) is 4.79 Å². The van der Waals surface area contributed by atoms with Crippen LogP contribution in [-0.4, -0.2) is 44.9 Å². The van der Waals surface area contributed by atoms with E-state index in [-0.39, 0.29) is 12.1 Å². The fourth-order valence-electron chi connectivity index (χ4n) is 1.95. The number of amides is 1. The molecule has 1 atom stereocenters. The molecule has 110 valence electrons. The van der Waals surface area contributed by atoms with Crippen LogP contribution in [0, 0.1) is 5.92 Å². The lowest BCUT2D eigenvalue weighted by Gasteiger charge is -2.19. The summed E-state index contributed by atoms with van der Waals surface area (Å²) in [6, 6.07) is 5.07. The van der Waals surface area contributed by atoms with E-state index in [9.17, 15) is 14.4 Å². The maximum Gasteiger partial charge on any atom is 0.308 e. The topological polar surface area (TPSA) is 92.0 Å². The van der Waals surface area contributed by atoms with Crippen molar-refractivity contribution in [2.75, 3.05) is 13.6 Å². The first-order valence-electron chi connectivity index (χ1n) is 6.36. The van der Waals surface area contributed by atoms with Gasteiger partial charge in [-0.25, -0.2) is 4.98 Å². The van der Waals surface area contributed by atoms with Crippen molar-refractivity contribution in [1.82, 2.24) is 14.3 Å². The number of fused-ring (bicyclic) bond motifs is 1. The van der Waals surface area contributed by atoms with E-state index in [0.717, 1.165) is 0 Å². The molecule has 2 aromatic heterocycles. The smallest absolute Gasteiger partial charge is 0.308 e. The first-order chi connectivity index (χ1) is 9.91. The van der Waals surface area contributed by atoms with E-state index in [1.807, 2.05) is 0 Å². The van der Waals surface area contributed by atoms with E-state index in [1.54, 1.807) is 18.2 Å². The molecule has 0 aliphatic rings. The summed E-state index contributed by atoms with van der Waals surface area (Å²) in [7, 11) is 1.46. The molecule has 2 rings (SSSR count). The van der Waals surface area contributed by atoms with E-state index >= 15 is 0 Å². The van der Waals surface area contributed by atoms with Crippen LogP contribution >= 0.6 is 0 Å². The lowest BCUT2D eigenvalue weighted by molar-refractivity contribution is -0.141. The first kappa shape index (κ1) is 14.7. The standard InChI is InChI=1S/C14H15N3O4/c1-9(14(20)21)8-16(2)12(18)10-7-15-11-5-3-4-6-17(11)13(10)19/h3-7,9H,8H2,1-2H3,(H,20,21). The number of carbonyl (C=O) groups is 2. The molecule has 0 saturated carbocycles. The minimum atomic E-state index is -0.997. The Morgan fingerprint density at radius 3 is 2.81 bits per heavy atom. The van der Waals surface area contributed by atoms with Crippen molar-refractivity contribution in [3.63, 3.8) is 0 Å². The molecule has 7 heteroatoms. The second-order valence-electron chi connectivity index (χ2n) is 4.83. The molecule has 0 aliphatic heterocycles. The summed E-state index contributed by atoms with van der Waals surface area (Å²) < 4.78 is 1.28. The Hall–Kier alpha value is -2.70. The number of hydrogen-bond donors (Lipinski definition) is 1. The van der Waals surface area contributed by atoms with E-state index < -0.39 is 23.4 Å². The Kier molecular flexibility index (Phi) is 4.02. The summed E-state index contributed by atoms with van der Waals surface area (Å²) in [5.41, 5.74) is -0.111. The molecule has 0 aromatic carbocycles. The number of carbonyl (C=O) groups excluding carboxylic acids is 1. The third kappa shape index (κ3) is 2.91. The zero-order valence-electron chi connectivity index (χ0n) is 11.7. The largest absolute Gasteiger partial charge is 0.481 e. The van der Waals surface area contributed by atoms with Crippen molar-refractivity contribution >= 4 is 17.5 Å². The van der Waals surface area contributed by atoms with Crippen LogP contribution in [0.2, 0.25) is 0 Å². The highest BCUT2D eigenvalue weighted by molar-refractivity contribution is 5.93. The molecule has 0 aliphatic carbocycles. The summed E-state index contributed by atoms with van der Waals surface area (Å²) in [4.78, 5) is 40.6. The lowest BCUT2D eigenvalue weighted by Crippen LogP contribution is -2.37. The van der Waals surface area contributed by atoms with Gasteiger partial charge in [0.05, 0.1) is 5.92 Å². The van der Waals surface area contributed by atoms with Crippen molar-refractivity contribution in [1.29, 1.82) is 0 Å². The summed E-state index contributed by atoms with van der Waals surface area (Å²) in [6.45, 7) is 1.52. The van der Waals surface area contributed by atoms with Crippen LogP contribution in [0.25, 0.3) is 5.65 Å². The van der Waals surface area contributed by atoms with Gasteiger partial charge in [0.25, 0.3) is 11.5 Å². The van der Waals surface area contributed by atoms with Gasteiger partial charge < -0.3 is 10.0 Å². The van der Waals surface area contributed by atoms with Crippen molar-refractivity contribution in [2.45, 2.75) is 6.92 Å². The SMILES string of the molecule is CC(CN(C)C(=O)c1cnc2ccccn2c1=O)C(=O)O. The average Bonchev–Trinajstić information content (AvgIpc) is 2.47. The number of carboxylic acids is 1. The number of nitrogens with zero attached hydrogens (tertiary/aromatic N) is 3. The van der Waals surface area contributed by atoms with Gasteiger partial charge in [0.15, 0.2) is 0 Å². The summed E-state index contributed by atoms with van der Waals surface area (Å²) >= 11 is 0. The van der Waals surface area contributed by atoms with E-state index in [2.05, 4.69) is 4.98 Å². The van der Waals surface area contributed by atoms with Crippen LogP contribution in [0.4, 0.5) is 0 Å². The van der Waals surface area contributed by atoms with Gasteiger partial charge in [-0.05, 0) is 12.1 Å². The van der Waals surface area contributed by atoms with Crippen LogP contribution in [0.15, 0.2) is 35.4 Å². The zero-order chi connectivity index (χ0) is 15.6. The monoisotopic (exact) mass is 289 g/mol. The van der Waals surface area contributed by atoms with Crippen LogP contribution in [0.5, 0.6) is 0 Å². The first-order valence-corrected chi connectivity index (χ1v) is 6.36. The molecule has 0 bridgehead atoms. The number of aromatic nitrogens is 2. The van der Waals surface area contributed by atoms with Crippen LogP contribution in [0.1, 0.15) is 17.3 Å². The molecular formula is C14H15N3O4. The lowest BCUT2D eigenvalue weighted by atomic mass is 10.1. The normalized spacial score (nSPS) is 12.1. The molecule has 21 heavy (non-hydrogen) atoms. The van der Waals surface area contributed by atoms with Gasteiger partial charge >= 0.3 is 5.97 Å². The third-order valence-electron chi connectivity index (χ3n) is 3.16. The predicted molar refractivity (Wildman–Crippen MR) is 75.2 cm³/mol. The molecule has 0 spiro atoms. The quantitative estimate of drug-likeness (QED) is 0.884. The van der Waals surface area contributed by atoms with Gasteiger partial charge in [-0.3, -0.25) is 18.8 Å². The molecule has 0 saturated heterocycles. The highest BCUT2D eigenvalue weighted by atomic mass is 16.4. The van der Waals surface area contributed by atoms with Gasteiger partial charge in [0, 0.05) is 26.0 Å². The van der Waals surface area contributed by atoms with Gasteiger partial charge in [-0.1, -0.05) is 13.0 Å². The van der Waals surface area contributed by atoms with Crippen molar-refractivity contribution in [3.8, 4) is 0 Å².